The Hall–Kier alpha value is -1.84. The normalized spacial score (nSPS) is 15.6. The van der Waals surface area contributed by atoms with Gasteiger partial charge in [0.1, 0.15) is 5.70 Å². The van der Waals surface area contributed by atoms with E-state index in [1.54, 1.807) is 31.5 Å². The van der Waals surface area contributed by atoms with Gasteiger partial charge in [0.05, 0.1) is 0 Å². The van der Waals surface area contributed by atoms with Gasteiger partial charge in [-0.15, -0.1) is 10.2 Å². The lowest BCUT2D eigenvalue weighted by molar-refractivity contribution is -0.114. The Bertz CT molecular complexity index is 406. The van der Waals surface area contributed by atoms with Crippen LogP contribution in [0.5, 0.6) is 0 Å². The maximum absolute atomic E-state index is 11.0. The van der Waals surface area contributed by atoms with Gasteiger partial charge in [0.2, 0.25) is 0 Å². The van der Waals surface area contributed by atoms with Gasteiger partial charge in [-0.05, 0) is 19.1 Å². The van der Waals surface area contributed by atoms with E-state index in [1.165, 1.54) is 0 Å². The molecule has 0 aliphatic carbocycles. The van der Waals surface area contributed by atoms with Crippen molar-refractivity contribution in [1.82, 2.24) is 4.98 Å². The van der Waals surface area contributed by atoms with Crippen LogP contribution in [-0.2, 0) is 4.79 Å². The molecule has 1 amide bonds. The highest BCUT2D eigenvalue weighted by molar-refractivity contribution is 6.03. The van der Waals surface area contributed by atoms with E-state index in [4.69, 9.17) is 0 Å². The molecule has 4 heteroatoms. The summed E-state index contributed by atoms with van der Waals surface area (Å²) in [7, 11) is 0. The molecule has 0 saturated carbocycles. The first-order valence-corrected chi connectivity index (χ1v) is 3.86. The standard InChI is InChI=1S/C9H7N3O/c1-6-8(11-12-9(6)13)7-2-4-10-5-3-7/h2-5H,1H3. The highest BCUT2D eigenvalue weighted by Crippen LogP contribution is 2.25. The minimum absolute atomic E-state index is 0.258. The van der Waals surface area contributed by atoms with E-state index in [0.29, 0.717) is 11.3 Å². The van der Waals surface area contributed by atoms with Crippen LogP contribution >= 0.6 is 0 Å². The van der Waals surface area contributed by atoms with Gasteiger partial charge in [0.15, 0.2) is 0 Å². The fourth-order valence-electron chi connectivity index (χ4n) is 1.13. The summed E-state index contributed by atoms with van der Waals surface area (Å²) < 4.78 is 0. The van der Waals surface area contributed by atoms with Gasteiger partial charge in [-0.25, -0.2) is 0 Å². The zero-order valence-electron chi connectivity index (χ0n) is 7.06. The van der Waals surface area contributed by atoms with Crippen LogP contribution in [0.15, 0.2) is 40.3 Å². The van der Waals surface area contributed by atoms with Gasteiger partial charge in [0, 0.05) is 23.5 Å². The van der Waals surface area contributed by atoms with Crippen LogP contribution in [0.4, 0.5) is 0 Å². The summed E-state index contributed by atoms with van der Waals surface area (Å²) in [5, 5.41) is 7.26. The van der Waals surface area contributed by atoms with Crippen molar-refractivity contribution in [3.63, 3.8) is 0 Å². The largest absolute Gasteiger partial charge is 0.293 e. The molecule has 4 nitrogen and oxygen atoms in total. The molecule has 0 spiro atoms. The van der Waals surface area contributed by atoms with Crippen LogP contribution in [0, 0.1) is 0 Å². The molecule has 0 aromatic carbocycles. The van der Waals surface area contributed by atoms with Gasteiger partial charge in [-0.1, -0.05) is 0 Å². The third-order valence-corrected chi connectivity index (χ3v) is 1.87. The molecule has 13 heavy (non-hydrogen) atoms. The summed E-state index contributed by atoms with van der Waals surface area (Å²) in [4.78, 5) is 14.9. The molecule has 0 bridgehead atoms. The topological polar surface area (TPSA) is 54.7 Å². The maximum Gasteiger partial charge on any atom is 0.293 e. The monoisotopic (exact) mass is 173 g/mol. The second kappa shape index (κ2) is 2.90. The molecule has 0 saturated heterocycles. The Labute approximate surface area is 75.0 Å². The van der Waals surface area contributed by atoms with E-state index in [0.717, 1.165) is 5.56 Å². The molecule has 0 atom stereocenters. The van der Waals surface area contributed by atoms with E-state index in [-0.39, 0.29) is 5.91 Å². The molecule has 1 aliphatic rings. The molecule has 0 radical (unpaired) electrons. The minimum atomic E-state index is -0.258. The van der Waals surface area contributed by atoms with Gasteiger partial charge in [0.25, 0.3) is 5.91 Å². The van der Waals surface area contributed by atoms with Crippen molar-refractivity contribution >= 4 is 11.6 Å². The summed E-state index contributed by atoms with van der Waals surface area (Å²) in [5.74, 6) is -0.258. The number of aromatic nitrogens is 1. The van der Waals surface area contributed by atoms with Crippen molar-refractivity contribution in [1.29, 1.82) is 0 Å². The summed E-state index contributed by atoms with van der Waals surface area (Å²) >= 11 is 0. The van der Waals surface area contributed by atoms with Crippen molar-refractivity contribution in [2.75, 3.05) is 0 Å². The molecule has 1 aromatic heterocycles. The second-order valence-electron chi connectivity index (χ2n) is 2.71. The van der Waals surface area contributed by atoms with E-state index >= 15 is 0 Å². The number of hydrogen-bond donors (Lipinski definition) is 0. The Morgan fingerprint density at radius 1 is 1.15 bits per heavy atom. The molecule has 1 aliphatic heterocycles. The van der Waals surface area contributed by atoms with Crippen molar-refractivity contribution in [3.8, 4) is 0 Å². The third-order valence-electron chi connectivity index (χ3n) is 1.87. The van der Waals surface area contributed by atoms with Crippen molar-refractivity contribution in [2.24, 2.45) is 10.2 Å². The number of carbonyl (C=O) groups excluding carboxylic acids is 1. The average molecular weight is 173 g/mol. The molecule has 0 unspecified atom stereocenters. The van der Waals surface area contributed by atoms with E-state index in [9.17, 15) is 4.79 Å². The molecule has 0 fully saturated rings. The zero-order valence-corrected chi connectivity index (χ0v) is 7.06. The second-order valence-corrected chi connectivity index (χ2v) is 2.71. The van der Waals surface area contributed by atoms with Crippen LogP contribution in [0.3, 0.4) is 0 Å². The number of pyridine rings is 1. The minimum Gasteiger partial charge on any atom is -0.265 e. The van der Waals surface area contributed by atoms with Crippen LogP contribution in [0.1, 0.15) is 12.5 Å². The molecule has 2 rings (SSSR count). The number of nitrogens with zero attached hydrogens (tertiary/aromatic N) is 3. The smallest absolute Gasteiger partial charge is 0.265 e. The van der Waals surface area contributed by atoms with Gasteiger partial charge in [-0.2, -0.15) is 0 Å². The van der Waals surface area contributed by atoms with Crippen LogP contribution in [0.2, 0.25) is 0 Å². The fourth-order valence-corrected chi connectivity index (χ4v) is 1.13. The SMILES string of the molecule is CC1=C(c2ccncc2)N=NC1=O. The van der Waals surface area contributed by atoms with Crippen molar-refractivity contribution in [2.45, 2.75) is 6.92 Å². The van der Waals surface area contributed by atoms with E-state index in [1.807, 2.05) is 0 Å². The number of azo groups is 1. The first-order valence-electron chi connectivity index (χ1n) is 3.86. The van der Waals surface area contributed by atoms with Gasteiger partial charge < -0.3 is 0 Å². The number of rotatable bonds is 1. The molecule has 0 N–H and O–H groups in total. The lowest BCUT2D eigenvalue weighted by Gasteiger charge is -1.96. The van der Waals surface area contributed by atoms with Crippen LogP contribution in [0.25, 0.3) is 5.70 Å². The fraction of sp³-hybridized carbons (Fsp3) is 0.111. The van der Waals surface area contributed by atoms with Gasteiger partial charge in [-0.3, -0.25) is 9.78 Å². The van der Waals surface area contributed by atoms with Crippen molar-refractivity contribution < 1.29 is 4.79 Å². The summed E-state index contributed by atoms with van der Waals surface area (Å²) in [6.45, 7) is 1.72. The summed E-state index contributed by atoms with van der Waals surface area (Å²) in [5.41, 5.74) is 2.11. The van der Waals surface area contributed by atoms with E-state index < -0.39 is 0 Å². The average Bonchev–Trinajstić information content (AvgIpc) is 2.49. The Kier molecular flexibility index (Phi) is 1.73. The van der Waals surface area contributed by atoms with Crippen LogP contribution < -0.4 is 0 Å². The molecule has 1 aromatic rings. The molecule has 2 heterocycles. The number of carbonyl (C=O) groups is 1. The van der Waals surface area contributed by atoms with Crippen LogP contribution in [-0.4, -0.2) is 10.9 Å². The highest BCUT2D eigenvalue weighted by atomic mass is 16.2. The number of hydrogen-bond acceptors (Lipinski definition) is 3. The first kappa shape index (κ1) is 7.79. The molecular weight excluding hydrogens is 166 g/mol. The molecular formula is C9H7N3O. The zero-order chi connectivity index (χ0) is 9.26. The summed E-state index contributed by atoms with van der Waals surface area (Å²) in [6, 6.07) is 3.60. The Morgan fingerprint density at radius 2 is 1.85 bits per heavy atom. The Balaban J connectivity index is 2.50. The third kappa shape index (κ3) is 1.26. The molecule has 64 valence electrons. The van der Waals surface area contributed by atoms with E-state index in [2.05, 4.69) is 15.2 Å². The Morgan fingerprint density at radius 3 is 2.38 bits per heavy atom. The quantitative estimate of drug-likeness (QED) is 0.650. The predicted molar refractivity (Wildman–Crippen MR) is 46.7 cm³/mol. The number of amides is 1. The summed E-state index contributed by atoms with van der Waals surface area (Å²) in [6.07, 6.45) is 3.32. The lowest BCUT2D eigenvalue weighted by atomic mass is 10.1. The maximum atomic E-state index is 11.0. The first-order chi connectivity index (χ1) is 6.29. The van der Waals surface area contributed by atoms with Gasteiger partial charge >= 0.3 is 0 Å². The highest BCUT2D eigenvalue weighted by Gasteiger charge is 2.17. The predicted octanol–water partition coefficient (Wildman–Crippen LogP) is 1.80. The lowest BCUT2D eigenvalue weighted by Crippen LogP contribution is -1.90. The van der Waals surface area contributed by atoms with Crippen molar-refractivity contribution in [3.05, 3.63) is 35.7 Å².